The average Bonchev–Trinajstić information content (AvgIpc) is 2.79. The van der Waals surface area contributed by atoms with E-state index in [4.69, 9.17) is 9.47 Å². The van der Waals surface area contributed by atoms with E-state index in [2.05, 4.69) is 16.7 Å². The van der Waals surface area contributed by atoms with Crippen molar-refractivity contribution in [2.75, 3.05) is 40.4 Å². The van der Waals surface area contributed by atoms with E-state index in [1.54, 1.807) is 26.4 Å². The predicted octanol–water partition coefficient (Wildman–Crippen LogP) is 4.56. The molecule has 2 N–H and O–H groups in total. The van der Waals surface area contributed by atoms with E-state index in [1.165, 1.54) is 30.9 Å². The van der Waals surface area contributed by atoms with Gasteiger partial charge in [0.25, 0.3) is 5.69 Å². The minimum atomic E-state index is -0.345. The minimum Gasteiger partial charge on any atom is -0.493 e. The third kappa shape index (κ3) is 10.3. The summed E-state index contributed by atoms with van der Waals surface area (Å²) in [4.78, 5) is 10.5. The van der Waals surface area contributed by atoms with Gasteiger partial charge < -0.3 is 20.1 Å². The Labute approximate surface area is 197 Å². The Bertz CT molecular complexity index is 805. The molecule has 0 aromatic heterocycles. The number of hydrogen-bond donors (Lipinski definition) is 2. The van der Waals surface area contributed by atoms with Crippen LogP contribution in [0, 0.1) is 10.1 Å². The Morgan fingerprint density at radius 3 is 1.94 bits per heavy atom. The van der Waals surface area contributed by atoms with Crippen molar-refractivity contribution >= 4 is 18.1 Å². The number of halogens is 1. The SMILES string of the molecule is COc1ccc(CCNCCCCCCNCCc2cccc([N+](=O)[O-])c2)cc1OC.Cl. The van der Waals surface area contributed by atoms with Gasteiger partial charge in [-0.05, 0) is 75.1 Å². The monoisotopic (exact) mass is 465 g/mol. The van der Waals surface area contributed by atoms with E-state index in [1.807, 2.05) is 18.2 Å². The van der Waals surface area contributed by atoms with Crippen molar-refractivity contribution in [1.29, 1.82) is 0 Å². The maximum absolute atomic E-state index is 10.8. The number of ether oxygens (including phenoxy) is 2. The Morgan fingerprint density at radius 2 is 1.38 bits per heavy atom. The summed E-state index contributed by atoms with van der Waals surface area (Å²) in [5.74, 6) is 1.54. The summed E-state index contributed by atoms with van der Waals surface area (Å²) in [6.45, 7) is 3.82. The van der Waals surface area contributed by atoms with Crippen molar-refractivity contribution in [3.8, 4) is 11.5 Å². The lowest BCUT2D eigenvalue weighted by atomic mass is 10.1. The van der Waals surface area contributed by atoms with Gasteiger partial charge in [-0.25, -0.2) is 0 Å². The summed E-state index contributed by atoms with van der Waals surface area (Å²) in [5.41, 5.74) is 2.40. The third-order valence-corrected chi connectivity index (χ3v) is 5.21. The summed E-state index contributed by atoms with van der Waals surface area (Å²) < 4.78 is 10.6. The predicted molar refractivity (Wildman–Crippen MR) is 132 cm³/mol. The summed E-state index contributed by atoms with van der Waals surface area (Å²) >= 11 is 0. The molecule has 2 aromatic rings. The molecule has 0 bridgehead atoms. The number of nitro groups is 1. The largest absolute Gasteiger partial charge is 0.493 e. The van der Waals surface area contributed by atoms with Crippen molar-refractivity contribution < 1.29 is 14.4 Å². The van der Waals surface area contributed by atoms with Crippen LogP contribution < -0.4 is 20.1 Å². The van der Waals surface area contributed by atoms with Gasteiger partial charge in [0.1, 0.15) is 0 Å². The molecule has 0 saturated carbocycles. The van der Waals surface area contributed by atoms with Gasteiger partial charge in [-0.2, -0.15) is 0 Å². The molecule has 0 saturated heterocycles. The van der Waals surface area contributed by atoms with E-state index in [0.717, 1.165) is 62.5 Å². The summed E-state index contributed by atoms with van der Waals surface area (Å²) in [5, 5.41) is 17.7. The molecule has 0 aliphatic carbocycles. The first-order valence-corrected chi connectivity index (χ1v) is 11.0. The lowest BCUT2D eigenvalue weighted by Crippen LogP contribution is -2.19. The maximum Gasteiger partial charge on any atom is 0.269 e. The first-order valence-electron chi connectivity index (χ1n) is 11.0. The topological polar surface area (TPSA) is 85.7 Å². The highest BCUT2D eigenvalue weighted by molar-refractivity contribution is 5.85. The Hall–Kier alpha value is -2.35. The summed E-state index contributed by atoms with van der Waals surface area (Å²) in [7, 11) is 3.31. The second kappa shape index (κ2) is 16.3. The number of hydrogen-bond acceptors (Lipinski definition) is 6. The van der Waals surface area contributed by atoms with Gasteiger partial charge in [-0.3, -0.25) is 10.1 Å². The molecule has 0 aliphatic heterocycles. The van der Waals surface area contributed by atoms with Gasteiger partial charge in [0.2, 0.25) is 0 Å². The average molecular weight is 466 g/mol. The van der Waals surface area contributed by atoms with Crippen molar-refractivity contribution in [1.82, 2.24) is 10.6 Å². The Balaban J connectivity index is 0.00000512. The Kier molecular flexibility index (Phi) is 14.1. The number of nitro benzene ring substituents is 1. The van der Waals surface area contributed by atoms with Crippen molar-refractivity contribution in [3.05, 3.63) is 63.7 Å². The summed E-state index contributed by atoms with van der Waals surface area (Å²) in [6.07, 6.45) is 6.54. The fraction of sp³-hybridized carbons (Fsp3) is 0.500. The molecule has 0 atom stereocenters. The van der Waals surface area contributed by atoms with Gasteiger partial charge in [0, 0.05) is 12.1 Å². The lowest BCUT2D eigenvalue weighted by Gasteiger charge is -2.10. The van der Waals surface area contributed by atoms with Crippen LogP contribution in [0.5, 0.6) is 11.5 Å². The zero-order valence-electron chi connectivity index (χ0n) is 19.1. The van der Waals surface area contributed by atoms with Crippen LogP contribution in [-0.2, 0) is 12.8 Å². The molecule has 2 aromatic carbocycles. The van der Waals surface area contributed by atoms with Crippen LogP contribution in [0.4, 0.5) is 5.69 Å². The van der Waals surface area contributed by atoms with E-state index < -0.39 is 0 Å². The smallest absolute Gasteiger partial charge is 0.269 e. The van der Waals surface area contributed by atoms with Gasteiger partial charge in [-0.15, -0.1) is 12.4 Å². The number of nitrogens with zero attached hydrogens (tertiary/aromatic N) is 1. The van der Waals surface area contributed by atoms with Crippen molar-refractivity contribution in [2.24, 2.45) is 0 Å². The standard InChI is InChI=1S/C24H35N3O4.ClH/c1-30-23-11-10-21(19-24(23)31-2)13-17-26-15-6-4-3-5-14-25-16-12-20-8-7-9-22(18-20)27(28)29;/h7-11,18-19,25-26H,3-6,12-17H2,1-2H3;1H. The molecule has 0 amide bonds. The molecule has 0 radical (unpaired) electrons. The number of rotatable bonds is 16. The first-order chi connectivity index (χ1) is 15.1. The molecule has 0 aliphatic rings. The quantitative estimate of drug-likeness (QED) is 0.215. The number of non-ortho nitro benzene ring substituents is 1. The zero-order chi connectivity index (χ0) is 22.3. The fourth-order valence-electron chi connectivity index (χ4n) is 3.43. The molecule has 0 fully saturated rings. The second-order valence-corrected chi connectivity index (χ2v) is 7.53. The molecule has 7 nitrogen and oxygen atoms in total. The fourth-order valence-corrected chi connectivity index (χ4v) is 3.43. The first kappa shape index (κ1) is 27.7. The zero-order valence-corrected chi connectivity index (χ0v) is 19.9. The molecular weight excluding hydrogens is 430 g/mol. The number of benzene rings is 2. The van der Waals surface area contributed by atoms with Crippen LogP contribution in [0.25, 0.3) is 0 Å². The maximum atomic E-state index is 10.8. The number of methoxy groups -OCH3 is 2. The minimum absolute atomic E-state index is 0. The molecule has 32 heavy (non-hydrogen) atoms. The molecule has 0 unspecified atom stereocenters. The second-order valence-electron chi connectivity index (χ2n) is 7.53. The van der Waals surface area contributed by atoms with Crippen molar-refractivity contribution in [2.45, 2.75) is 38.5 Å². The van der Waals surface area contributed by atoms with Crippen LogP contribution in [0.1, 0.15) is 36.8 Å². The highest BCUT2D eigenvalue weighted by Gasteiger charge is 2.05. The molecule has 2 rings (SSSR count). The van der Waals surface area contributed by atoms with Gasteiger partial charge in [0.05, 0.1) is 19.1 Å². The van der Waals surface area contributed by atoms with E-state index in [9.17, 15) is 10.1 Å². The number of unbranched alkanes of at least 4 members (excludes halogenated alkanes) is 3. The van der Waals surface area contributed by atoms with Crippen LogP contribution in [0.15, 0.2) is 42.5 Å². The van der Waals surface area contributed by atoms with Crippen LogP contribution >= 0.6 is 12.4 Å². The molecule has 178 valence electrons. The highest BCUT2D eigenvalue weighted by atomic mass is 35.5. The van der Waals surface area contributed by atoms with E-state index in [-0.39, 0.29) is 23.0 Å². The molecule has 8 heteroatoms. The summed E-state index contributed by atoms with van der Waals surface area (Å²) in [6, 6.07) is 12.9. The molecule has 0 heterocycles. The van der Waals surface area contributed by atoms with Gasteiger partial charge in [0.15, 0.2) is 11.5 Å². The third-order valence-electron chi connectivity index (χ3n) is 5.21. The van der Waals surface area contributed by atoms with Gasteiger partial charge in [-0.1, -0.05) is 31.0 Å². The van der Waals surface area contributed by atoms with Crippen LogP contribution in [-0.4, -0.2) is 45.3 Å². The van der Waals surface area contributed by atoms with Crippen LogP contribution in [0.2, 0.25) is 0 Å². The highest BCUT2D eigenvalue weighted by Crippen LogP contribution is 2.27. The Morgan fingerprint density at radius 1 is 0.781 bits per heavy atom. The normalized spacial score (nSPS) is 10.4. The van der Waals surface area contributed by atoms with Crippen LogP contribution in [0.3, 0.4) is 0 Å². The molecular formula is C24H36ClN3O4. The number of nitrogens with one attached hydrogen (secondary N) is 2. The molecule has 0 spiro atoms. The lowest BCUT2D eigenvalue weighted by molar-refractivity contribution is -0.384. The van der Waals surface area contributed by atoms with Crippen molar-refractivity contribution in [3.63, 3.8) is 0 Å². The van der Waals surface area contributed by atoms with Gasteiger partial charge >= 0.3 is 0 Å². The van der Waals surface area contributed by atoms with E-state index >= 15 is 0 Å². The van der Waals surface area contributed by atoms with E-state index in [0.29, 0.717) is 0 Å².